The summed E-state index contributed by atoms with van der Waals surface area (Å²) >= 11 is 5.45. The Bertz CT molecular complexity index is 334. The Balaban J connectivity index is 3.14. The highest BCUT2D eigenvalue weighted by molar-refractivity contribution is 6.34. The topological polar surface area (TPSA) is 58.9 Å². The van der Waals surface area contributed by atoms with Crippen molar-refractivity contribution in [3.05, 3.63) is 23.0 Å². The van der Waals surface area contributed by atoms with E-state index in [4.69, 9.17) is 26.4 Å². The zero-order chi connectivity index (χ0) is 10.7. The van der Waals surface area contributed by atoms with Gasteiger partial charge in [0.25, 0.3) is 0 Å². The molecule has 14 heavy (non-hydrogen) atoms. The van der Waals surface area contributed by atoms with Gasteiger partial charge < -0.3 is 19.4 Å². The van der Waals surface area contributed by atoms with Crippen LogP contribution in [0.1, 0.15) is 0 Å². The first-order valence-corrected chi connectivity index (χ1v) is 3.99. The Labute approximate surface area is 85.0 Å². The Kier molecular flexibility index (Phi) is 3.57. The lowest BCUT2D eigenvalue weighted by molar-refractivity contribution is 0.272. The third kappa shape index (κ3) is 2.28. The molecule has 0 aromatic heterocycles. The van der Waals surface area contributed by atoms with Crippen molar-refractivity contribution in [2.75, 3.05) is 7.11 Å². The molecule has 4 nitrogen and oxygen atoms in total. The van der Waals surface area contributed by atoms with Crippen molar-refractivity contribution in [1.29, 1.82) is 0 Å². The molecule has 1 rings (SSSR count). The van der Waals surface area contributed by atoms with Gasteiger partial charge in [-0.05, 0) is 12.1 Å². The maximum atomic E-state index is 13.3. The summed E-state index contributed by atoms with van der Waals surface area (Å²) in [5.74, 6) is -1.31. The van der Waals surface area contributed by atoms with E-state index in [1.165, 1.54) is 19.2 Å². The summed E-state index contributed by atoms with van der Waals surface area (Å²) in [6, 6.07) is 2.62. The van der Waals surface area contributed by atoms with Gasteiger partial charge >= 0.3 is 7.32 Å². The van der Waals surface area contributed by atoms with Gasteiger partial charge in [0.15, 0.2) is 17.3 Å². The fourth-order valence-electron chi connectivity index (χ4n) is 0.890. The first-order chi connectivity index (χ1) is 6.56. The molecule has 0 fully saturated rings. The second-order valence-corrected chi connectivity index (χ2v) is 2.74. The van der Waals surface area contributed by atoms with Crippen molar-refractivity contribution in [3.63, 3.8) is 0 Å². The molecule has 7 heteroatoms. The molecule has 0 saturated heterocycles. The van der Waals surface area contributed by atoms with Gasteiger partial charge in [0.2, 0.25) is 0 Å². The van der Waals surface area contributed by atoms with E-state index < -0.39 is 18.9 Å². The van der Waals surface area contributed by atoms with Gasteiger partial charge in [-0.15, -0.1) is 0 Å². The number of benzene rings is 1. The number of ether oxygens (including phenoxy) is 1. The largest absolute Gasteiger partial charge is 0.707 e. The zero-order valence-electron chi connectivity index (χ0n) is 7.20. The van der Waals surface area contributed by atoms with Crippen molar-refractivity contribution < 1.29 is 23.8 Å². The summed E-state index contributed by atoms with van der Waals surface area (Å²) in [5.41, 5.74) is 0. The maximum absolute atomic E-state index is 13.3. The number of hydrogen-bond donors (Lipinski definition) is 2. The van der Waals surface area contributed by atoms with Crippen molar-refractivity contribution in [2.24, 2.45) is 0 Å². The van der Waals surface area contributed by atoms with Crippen LogP contribution in [0.5, 0.6) is 11.5 Å². The highest BCUT2D eigenvalue weighted by Crippen LogP contribution is 2.34. The summed E-state index contributed by atoms with van der Waals surface area (Å²) in [6.07, 6.45) is 0. The molecule has 0 heterocycles. The summed E-state index contributed by atoms with van der Waals surface area (Å²) < 4.78 is 22.4. The molecule has 0 radical (unpaired) electrons. The smallest absolute Gasteiger partial charge is 0.507 e. The standard InChI is InChI=1S/C7H7BClFO4/c1-13-5-3-2-4(9)6(10)7(5)14-8(11)12/h2-3,11-12H,1H3. The molecule has 0 amide bonds. The molecule has 2 N–H and O–H groups in total. The summed E-state index contributed by atoms with van der Waals surface area (Å²) in [5, 5.41) is 16.8. The van der Waals surface area contributed by atoms with Gasteiger partial charge in [0.1, 0.15) is 0 Å². The minimum Gasteiger partial charge on any atom is -0.507 e. The van der Waals surface area contributed by atoms with Gasteiger partial charge in [-0.3, -0.25) is 0 Å². The second-order valence-electron chi connectivity index (χ2n) is 2.34. The molecule has 0 aliphatic carbocycles. The fraction of sp³-hybridized carbons (Fsp3) is 0.143. The van der Waals surface area contributed by atoms with E-state index in [9.17, 15) is 4.39 Å². The average Bonchev–Trinajstić information content (AvgIpc) is 2.13. The van der Waals surface area contributed by atoms with Crippen LogP contribution in [0.2, 0.25) is 5.02 Å². The monoisotopic (exact) mass is 220 g/mol. The van der Waals surface area contributed by atoms with E-state index in [1.54, 1.807) is 0 Å². The van der Waals surface area contributed by atoms with Crippen LogP contribution >= 0.6 is 11.6 Å². The van der Waals surface area contributed by atoms with Crippen LogP contribution in [0.4, 0.5) is 4.39 Å². The van der Waals surface area contributed by atoms with Crippen LogP contribution in [-0.2, 0) is 0 Å². The molecule has 76 valence electrons. The van der Waals surface area contributed by atoms with Gasteiger partial charge in [0.05, 0.1) is 12.1 Å². The lowest BCUT2D eigenvalue weighted by Crippen LogP contribution is -2.21. The number of methoxy groups -OCH3 is 1. The van der Waals surface area contributed by atoms with Crippen molar-refractivity contribution in [1.82, 2.24) is 0 Å². The molecular weight excluding hydrogens is 213 g/mol. The molecule has 0 saturated carbocycles. The van der Waals surface area contributed by atoms with Gasteiger partial charge in [-0.25, -0.2) is 4.39 Å². The predicted octanol–water partition coefficient (Wildman–Crippen LogP) is 0.836. The molecule has 1 aromatic rings. The Morgan fingerprint density at radius 2 is 2.07 bits per heavy atom. The number of hydrogen-bond acceptors (Lipinski definition) is 4. The van der Waals surface area contributed by atoms with Crippen LogP contribution in [-0.4, -0.2) is 24.5 Å². The van der Waals surface area contributed by atoms with Crippen LogP contribution in [0.15, 0.2) is 12.1 Å². The molecule has 0 bridgehead atoms. The lowest BCUT2D eigenvalue weighted by Gasteiger charge is -2.11. The molecule has 0 aliphatic rings. The third-order valence-corrected chi connectivity index (χ3v) is 1.75. The van der Waals surface area contributed by atoms with Crippen molar-refractivity contribution >= 4 is 18.9 Å². The van der Waals surface area contributed by atoms with E-state index in [-0.39, 0.29) is 10.8 Å². The fourth-order valence-corrected chi connectivity index (χ4v) is 1.04. The van der Waals surface area contributed by atoms with Crippen molar-refractivity contribution in [3.8, 4) is 11.5 Å². The maximum Gasteiger partial charge on any atom is 0.707 e. The normalized spacial score (nSPS) is 9.79. The number of halogens is 2. The molecule has 0 spiro atoms. The van der Waals surface area contributed by atoms with Crippen LogP contribution in [0, 0.1) is 5.82 Å². The lowest BCUT2D eigenvalue weighted by atomic mass is 10.2. The highest BCUT2D eigenvalue weighted by atomic mass is 35.5. The van der Waals surface area contributed by atoms with Crippen molar-refractivity contribution in [2.45, 2.75) is 0 Å². The van der Waals surface area contributed by atoms with E-state index in [1.807, 2.05) is 0 Å². The minimum absolute atomic E-state index is 0.0278. The second kappa shape index (κ2) is 4.50. The van der Waals surface area contributed by atoms with E-state index in [0.29, 0.717) is 0 Å². The SMILES string of the molecule is COc1ccc(Cl)c(F)c1OB(O)O. The van der Waals surface area contributed by atoms with E-state index >= 15 is 0 Å². The average molecular weight is 220 g/mol. The van der Waals surface area contributed by atoms with Crippen LogP contribution in [0.3, 0.4) is 0 Å². The van der Waals surface area contributed by atoms with Gasteiger partial charge in [-0.1, -0.05) is 11.6 Å². The summed E-state index contributed by atoms with van der Waals surface area (Å²) in [6.45, 7) is 0. The summed E-state index contributed by atoms with van der Waals surface area (Å²) in [4.78, 5) is 0. The minimum atomic E-state index is -2.13. The Morgan fingerprint density at radius 1 is 1.43 bits per heavy atom. The third-order valence-electron chi connectivity index (χ3n) is 1.46. The molecule has 0 atom stereocenters. The van der Waals surface area contributed by atoms with E-state index in [2.05, 4.69) is 4.65 Å². The molecule has 0 unspecified atom stereocenters. The van der Waals surface area contributed by atoms with Crippen LogP contribution < -0.4 is 9.39 Å². The first-order valence-electron chi connectivity index (χ1n) is 3.61. The number of rotatable bonds is 3. The molecule has 1 aromatic carbocycles. The van der Waals surface area contributed by atoms with E-state index in [0.717, 1.165) is 0 Å². The Hall–Kier alpha value is -0.975. The van der Waals surface area contributed by atoms with Gasteiger partial charge in [-0.2, -0.15) is 0 Å². The Morgan fingerprint density at radius 3 is 2.57 bits per heavy atom. The predicted molar refractivity (Wildman–Crippen MR) is 48.8 cm³/mol. The first kappa shape index (κ1) is 11.1. The molecule has 0 aliphatic heterocycles. The molecular formula is C7H7BClFO4. The quantitative estimate of drug-likeness (QED) is 0.741. The van der Waals surface area contributed by atoms with Gasteiger partial charge in [0, 0.05) is 0 Å². The van der Waals surface area contributed by atoms with Crippen LogP contribution in [0.25, 0.3) is 0 Å². The zero-order valence-corrected chi connectivity index (χ0v) is 7.95. The highest BCUT2D eigenvalue weighted by Gasteiger charge is 2.20. The summed E-state index contributed by atoms with van der Waals surface area (Å²) in [7, 11) is -0.837.